The van der Waals surface area contributed by atoms with Crippen LogP contribution in [0.25, 0.3) is 6.08 Å². The summed E-state index contributed by atoms with van der Waals surface area (Å²) in [6.07, 6.45) is -0.0140. The van der Waals surface area contributed by atoms with Gasteiger partial charge in [0.15, 0.2) is 0 Å². The first-order valence-corrected chi connectivity index (χ1v) is 9.26. The Balaban J connectivity index is 1.71. The van der Waals surface area contributed by atoms with E-state index in [4.69, 9.17) is 0 Å². The Kier molecular flexibility index (Phi) is 5.31. The molecule has 2 aromatic heterocycles. The van der Waals surface area contributed by atoms with Gasteiger partial charge in [0.05, 0.1) is 34.1 Å². The third-order valence-electron chi connectivity index (χ3n) is 4.58. The number of hydrogen-bond acceptors (Lipinski definition) is 6. The van der Waals surface area contributed by atoms with Crippen LogP contribution in [0.3, 0.4) is 0 Å². The molecule has 2 amide bonds. The van der Waals surface area contributed by atoms with Crippen molar-refractivity contribution in [2.75, 3.05) is 17.7 Å². The molecule has 3 heterocycles. The van der Waals surface area contributed by atoms with Gasteiger partial charge in [-0.25, -0.2) is 9.98 Å². The van der Waals surface area contributed by atoms with E-state index in [1.165, 1.54) is 37.7 Å². The predicted molar refractivity (Wildman–Crippen MR) is 110 cm³/mol. The second-order valence-electron chi connectivity index (χ2n) is 6.73. The molecule has 0 unspecified atom stereocenters. The molecule has 0 saturated heterocycles. The highest BCUT2D eigenvalue weighted by Crippen LogP contribution is 2.37. The van der Waals surface area contributed by atoms with Crippen molar-refractivity contribution < 1.29 is 22.8 Å². The number of rotatable bonds is 5. The quantitative estimate of drug-likeness (QED) is 0.562. The zero-order chi connectivity index (χ0) is 22.9. The van der Waals surface area contributed by atoms with Gasteiger partial charge in [-0.3, -0.25) is 14.6 Å². The van der Waals surface area contributed by atoms with Gasteiger partial charge in [0.1, 0.15) is 5.82 Å². The Morgan fingerprint density at radius 2 is 1.84 bits per heavy atom. The van der Waals surface area contributed by atoms with Gasteiger partial charge in [-0.2, -0.15) is 13.2 Å². The molecule has 0 bridgehead atoms. The maximum Gasteiger partial charge on any atom is 0.419 e. The van der Waals surface area contributed by atoms with Gasteiger partial charge in [-0.1, -0.05) is 0 Å². The number of carbonyl (C=O) groups excluding carboxylic acids is 2. The molecule has 3 N–H and O–H groups in total. The molecule has 32 heavy (non-hydrogen) atoms. The Bertz CT molecular complexity index is 1350. The smallest absolute Gasteiger partial charge is 0.355 e. The molecule has 3 aromatic rings. The molecule has 0 spiro atoms. The lowest BCUT2D eigenvalue weighted by Gasteiger charge is -2.17. The molecule has 4 rings (SSSR count). The van der Waals surface area contributed by atoms with E-state index < -0.39 is 17.6 Å². The lowest BCUT2D eigenvalue weighted by molar-refractivity contribution is -0.137. The summed E-state index contributed by atoms with van der Waals surface area (Å²) in [5.41, 5.74) is -0.589. The Hall–Kier alpha value is -4.28. The molecule has 162 valence electrons. The highest BCUT2D eigenvalue weighted by atomic mass is 19.4. The Morgan fingerprint density at radius 3 is 2.59 bits per heavy atom. The molecule has 0 saturated carbocycles. The molecule has 11 heteroatoms. The molecular weight excluding hydrogens is 425 g/mol. The molecule has 0 aliphatic carbocycles. The minimum atomic E-state index is -4.69. The lowest BCUT2D eigenvalue weighted by Crippen LogP contribution is -2.21. The number of fused-ring (bicyclic) bond motifs is 1. The fourth-order valence-corrected chi connectivity index (χ4v) is 3.11. The van der Waals surface area contributed by atoms with E-state index in [-0.39, 0.29) is 28.7 Å². The van der Waals surface area contributed by atoms with Gasteiger partial charge in [0.2, 0.25) is 0 Å². The second kappa shape index (κ2) is 8.10. The van der Waals surface area contributed by atoms with Gasteiger partial charge in [0.25, 0.3) is 11.8 Å². The van der Waals surface area contributed by atoms with Crippen LogP contribution in [0.5, 0.6) is 0 Å². The molecule has 1 aromatic carbocycles. The first-order chi connectivity index (χ1) is 15.2. The molecule has 0 fully saturated rings. The largest absolute Gasteiger partial charge is 0.419 e. The minimum Gasteiger partial charge on any atom is -0.355 e. The number of pyridine rings is 2. The zero-order valence-electron chi connectivity index (χ0n) is 16.5. The average molecular weight is 440 g/mol. The number of anilines is 4. The van der Waals surface area contributed by atoms with Crippen molar-refractivity contribution >= 4 is 40.8 Å². The molecule has 0 radical (unpaired) electrons. The van der Waals surface area contributed by atoms with E-state index in [1.807, 2.05) is 0 Å². The predicted octanol–water partition coefficient (Wildman–Crippen LogP) is 2.28. The van der Waals surface area contributed by atoms with E-state index >= 15 is 0 Å². The molecule has 0 atom stereocenters. The number of amides is 2. The summed E-state index contributed by atoms with van der Waals surface area (Å²) in [6, 6.07) is 7.46. The Morgan fingerprint density at radius 1 is 1.03 bits per heavy atom. The third kappa shape index (κ3) is 4.26. The first kappa shape index (κ1) is 21.0. The number of nitrogens with zero attached hydrogens (tertiary/aromatic N) is 3. The van der Waals surface area contributed by atoms with E-state index in [0.29, 0.717) is 22.5 Å². The van der Waals surface area contributed by atoms with Crippen LogP contribution in [0.2, 0.25) is 0 Å². The van der Waals surface area contributed by atoms with Crippen molar-refractivity contribution in [3.05, 3.63) is 70.6 Å². The normalized spacial score (nSPS) is 12.4. The summed E-state index contributed by atoms with van der Waals surface area (Å²) < 4.78 is 40.7. The summed E-state index contributed by atoms with van der Waals surface area (Å²) >= 11 is 0. The average Bonchev–Trinajstić information content (AvgIpc) is 3.12. The number of benzene rings is 1. The van der Waals surface area contributed by atoms with Crippen LogP contribution < -0.4 is 26.5 Å². The number of alkyl halides is 3. The van der Waals surface area contributed by atoms with Crippen LogP contribution in [0.4, 0.5) is 36.1 Å². The number of nitrogens with one attached hydrogen (secondary N) is 3. The standard InChI is InChI=1S/C21H15F3N6O2/c1-25-20(32)13-4-5-26-10-17(13)29-16-8-18(27-9-14(16)21(22,23)24)28-12-2-3-15-11(6-12)7-19(31)30-15/h2-10H,1H3,(H,25,32)(H2,27,28,29). The maximum absolute atomic E-state index is 13.6. The van der Waals surface area contributed by atoms with E-state index in [1.54, 1.807) is 18.2 Å². The van der Waals surface area contributed by atoms with Crippen LogP contribution in [-0.4, -0.2) is 28.8 Å². The third-order valence-corrected chi connectivity index (χ3v) is 4.58. The SMILES string of the molecule is CNC(=O)c1ccncc1Nc1cc(Nc2ccc3c(c2)=CC(=O)N=3)ncc1C(F)(F)F. The van der Waals surface area contributed by atoms with Crippen LogP contribution >= 0.6 is 0 Å². The molecule has 1 aliphatic rings. The fourth-order valence-electron chi connectivity index (χ4n) is 3.11. The molecular formula is C21H15F3N6O2. The van der Waals surface area contributed by atoms with Crippen molar-refractivity contribution in [1.29, 1.82) is 0 Å². The van der Waals surface area contributed by atoms with E-state index in [0.717, 1.165) is 0 Å². The van der Waals surface area contributed by atoms with Crippen LogP contribution in [0, 0.1) is 0 Å². The summed E-state index contributed by atoms with van der Waals surface area (Å²) in [7, 11) is 1.41. The number of carbonyl (C=O) groups is 2. The minimum absolute atomic E-state index is 0.0988. The van der Waals surface area contributed by atoms with Crippen LogP contribution in [0.1, 0.15) is 15.9 Å². The zero-order valence-corrected chi connectivity index (χ0v) is 16.5. The maximum atomic E-state index is 13.6. The second-order valence-corrected chi connectivity index (χ2v) is 6.73. The number of aromatic nitrogens is 2. The summed E-state index contributed by atoms with van der Waals surface area (Å²) in [5.74, 6) is -0.739. The Labute approximate surface area is 178 Å². The van der Waals surface area contributed by atoms with E-state index in [2.05, 4.69) is 30.9 Å². The van der Waals surface area contributed by atoms with Gasteiger partial charge < -0.3 is 16.0 Å². The van der Waals surface area contributed by atoms with Gasteiger partial charge in [-0.15, -0.1) is 0 Å². The lowest BCUT2D eigenvalue weighted by atomic mass is 10.1. The topological polar surface area (TPSA) is 108 Å². The van der Waals surface area contributed by atoms with Crippen LogP contribution in [0.15, 0.2) is 53.9 Å². The van der Waals surface area contributed by atoms with Crippen LogP contribution in [-0.2, 0) is 11.0 Å². The monoisotopic (exact) mass is 440 g/mol. The van der Waals surface area contributed by atoms with Gasteiger partial charge >= 0.3 is 6.18 Å². The summed E-state index contributed by atoms with van der Waals surface area (Å²) in [6.45, 7) is 0. The van der Waals surface area contributed by atoms with Gasteiger partial charge in [0, 0.05) is 42.5 Å². The highest BCUT2D eigenvalue weighted by molar-refractivity contribution is 6.06. The first-order valence-electron chi connectivity index (χ1n) is 9.26. The fraction of sp³-hybridized carbons (Fsp3) is 0.0952. The van der Waals surface area contributed by atoms with Crippen molar-refractivity contribution in [2.24, 2.45) is 4.99 Å². The molecule has 8 nitrogen and oxygen atoms in total. The number of hydrogen-bond donors (Lipinski definition) is 3. The molecule has 1 aliphatic heterocycles. The summed E-state index contributed by atoms with van der Waals surface area (Å²) in [5, 5.41) is 9.10. The summed E-state index contributed by atoms with van der Waals surface area (Å²) in [4.78, 5) is 35.0. The van der Waals surface area contributed by atoms with E-state index in [9.17, 15) is 22.8 Å². The van der Waals surface area contributed by atoms with Crippen molar-refractivity contribution in [3.63, 3.8) is 0 Å². The number of halogens is 3. The van der Waals surface area contributed by atoms with Crippen molar-refractivity contribution in [3.8, 4) is 0 Å². The van der Waals surface area contributed by atoms with Crippen molar-refractivity contribution in [2.45, 2.75) is 6.18 Å². The van der Waals surface area contributed by atoms with Crippen molar-refractivity contribution in [1.82, 2.24) is 15.3 Å². The highest BCUT2D eigenvalue weighted by Gasteiger charge is 2.34. The van der Waals surface area contributed by atoms with Gasteiger partial charge in [-0.05, 0) is 24.3 Å².